The number of hydrogen-bond acceptors (Lipinski definition) is 4. The summed E-state index contributed by atoms with van der Waals surface area (Å²) in [6.07, 6.45) is 3.11. The van der Waals surface area contributed by atoms with E-state index in [2.05, 4.69) is 43.3 Å². The molecular weight excluding hydrogens is 445 g/mol. The highest BCUT2D eigenvalue weighted by molar-refractivity contribution is 14.1. The van der Waals surface area contributed by atoms with Gasteiger partial charge < -0.3 is 10.6 Å². The summed E-state index contributed by atoms with van der Waals surface area (Å²) in [5, 5.41) is 9.47. The van der Waals surface area contributed by atoms with E-state index in [9.17, 15) is 9.59 Å². The van der Waals surface area contributed by atoms with Crippen LogP contribution in [-0.4, -0.2) is 33.1 Å². The first-order chi connectivity index (χ1) is 12.6. The van der Waals surface area contributed by atoms with E-state index in [-0.39, 0.29) is 18.4 Å². The zero-order valence-electron chi connectivity index (χ0n) is 13.7. The molecule has 0 spiro atoms. The molecule has 0 aliphatic rings. The average Bonchev–Trinajstić information content (AvgIpc) is 3.13. The van der Waals surface area contributed by atoms with Crippen molar-refractivity contribution in [2.75, 3.05) is 11.9 Å². The molecule has 2 N–H and O–H groups in total. The summed E-state index contributed by atoms with van der Waals surface area (Å²) in [6, 6.07) is 14.7. The number of benzene rings is 2. The van der Waals surface area contributed by atoms with Crippen molar-refractivity contribution in [3.8, 4) is 0 Å². The molecule has 0 bridgehead atoms. The smallest absolute Gasteiger partial charge is 0.252 e. The van der Waals surface area contributed by atoms with E-state index in [1.807, 2.05) is 30.3 Å². The number of rotatable bonds is 6. The minimum atomic E-state index is -0.290. The van der Waals surface area contributed by atoms with Crippen molar-refractivity contribution >= 4 is 40.1 Å². The van der Waals surface area contributed by atoms with Crippen LogP contribution in [0.15, 0.2) is 61.2 Å². The summed E-state index contributed by atoms with van der Waals surface area (Å²) >= 11 is 2.09. The fourth-order valence-electron chi connectivity index (χ4n) is 2.36. The van der Waals surface area contributed by atoms with Gasteiger partial charge in [0.1, 0.15) is 12.7 Å². The summed E-state index contributed by atoms with van der Waals surface area (Å²) in [7, 11) is 0. The second-order valence-electron chi connectivity index (χ2n) is 5.50. The number of nitrogens with one attached hydrogen (secondary N) is 2. The molecule has 2 aromatic carbocycles. The third kappa shape index (κ3) is 4.88. The van der Waals surface area contributed by atoms with E-state index in [1.54, 1.807) is 29.2 Å². The van der Waals surface area contributed by atoms with Gasteiger partial charge in [-0.25, -0.2) is 9.67 Å². The van der Waals surface area contributed by atoms with Crippen LogP contribution in [0.4, 0.5) is 5.69 Å². The number of hydrogen-bond donors (Lipinski definition) is 2. The minimum Gasteiger partial charge on any atom is -0.343 e. The van der Waals surface area contributed by atoms with Gasteiger partial charge in [0, 0.05) is 9.26 Å². The molecular formula is C18H16IN5O2. The number of anilines is 1. The van der Waals surface area contributed by atoms with Crippen LogP contribution in [0.2, 0.25) is 0 Å². The lowest BCUT2D eigenvalue weighted by Gasteiger charge is -2.09. The van der Waals surface area contributed by atoms with E-state index >= 15 is 0 Å². The molecule has 0 fully saturated rings. The monoisotopic (exact) mass is 461 g/mol. The normalized spacial score (nSPS) is 10.3. The SMILES string of the molecule is O=C(CNC(=O)c1ccccc1I)Nc1cccc(Cn2cncn2)c1. The summed E-state index contributed by atoms with van der Waals surface area (Å²) < 4.78 is 2.53. The maximum atomic E-state index is 12.1. The number of halogens is 1. The molecule has 7 nitrogen and oxygen atoms in total. The van der Waals surface area contributed by atoms with Gasteiger partial charge in [0.15, 0.2) is 0 Å². The van der Waals surface area contributed by atoms with Crippen LogP contribution in [0.3, 0.4) is 0 Å². The van der Waals surface area contributed by atoms with Crippen molar-refractivity contribution in [1.82, 2.24) is 20.1 Å². The highest BCUT2D eigenvalue weighted by atomic mass is 127. The molecule has 0 aliphatic carbocycles. The number of aromatic nitrogens is 3. The Bertz CT molecular complexity index is 911. The highest BCUT2D eigenvalue weighted by Gasteiger charge is 2.11. The van der Waals surface area contributed by atoms with E-state index in [4.69, 9.17) is 0 Å². The lowest BCUT2D eigenvalue weighted by molar-refractivity contribution is -0.115. The predicted octanol–water partition coefficient (Wildman–Crippen LogP) is 2.30. The van der Waals surface area contributed by atoms with Crippen molar-refractivity contribution in [2.45, 2.75) is 6.54 Å². The number of nitrogens with zero attached hydrogens (tertiary/aromatic N) is 3. The first kappa shape index (κ1) is 18.1. The number of carbonyl (C=O) groups is 2. The van der Waals surface area contributed by atoms with Gasteiger partial charge in [-0.2, -0.15) is 5.10 Å². The molecule has 1 heterocycles. The van der Waals surface area contributed by atoms with Crippen molar-refractivity contribution in [1.29, 1.82) is 0 Å². The van der Waals surface area contributed by atoms with Crippen LogP contribution in [0, 0.1) is 3.57 Å². The zero-order valence-corrected chi connectivity index (χ0v) is 15.9. The lowest BCUT2D eigenvalue weighted by Crippen LogP contribution is -2.33. The zero-order chi connectivity index (χ0) is 18.4. The topological polar surface area (TPSA) is 88.9 Å². The molecule has 132 valence electrons. The maximum Gasteiger partial charge on any atom is 0.252 e. The molecule has 26 heavy (non-hydrogen) atoms. The molecule has 2 amide bonds. The fraction of sp³-hybridized carbons (Fsp3) is 0.111. The number of amides is 2. The second-order valence-corrected chi connectivity index (χ2v) is 6.67. The first-order valence-electron chi connectivity index (χ1n) is 7.86. The Balaban J connectivity index is 1.55. The second kappa shape index (κ2) is 8.56. The Morgan fingerprint density at radius 3 is 2.73 bits per heavy atom. The van der Waals surface area contributed by atoms with Gasteiger partial charge in [-0.1, -0.05) is 24.3 Å². The highest BCUT2D eigenvalue weighted by Crippen LogP contribution is 2.12. The van der Waals surface area contributed by atoms with Crippen LogP contribution >= 0.6 is 22.6 Å². The molecule has 8 heteroatoms. The molecule has 0 radical (unpaired) electrons. The van der Waals surface area contributed by atoms with Crippen LogP contribution in [0.5, 0.6) is 0 Å². The summed E-state index contributed by atoms with van der Waals surface area (Å²) in [6.45, 7) is 0.462. The standard InChI is InChI=1S/C18H16IN5O2/c19-16-7-2-1-6-15(16)18(26)21-9-17(25)23-14-5-3-4-13(8-14)10-24-12-20-11-22-24/h1-8,11-12H,9-10H2,(H,21,26)(H,23,25). The number of carbonyl (C=O) groups excluding carboxylic acids is 2. The molecule has 3 rings (SSSR count). The van der Waals surface area contributed by atoms with Crippen molar-refractivity contribution < 1.29 is 9.59 Å². The molecule has 0 unspecified atom stereocenters. The van der Waals surface area contributed by atoms with Gasteiger partial charge in [0.25, 0.3) is 5.91 Å². The summed E-state index contributed by atoms with van der Waals surface area (Å²) in [5.74, 6) is -0.563. The van der Waals surface area contributed by atoms with E-state index < -0.39 is 0 Å². The van der Waals surface area contributed by atoms with Crippen molar-refractivity contribution in [3.63, 3.8) is 0 Å². The van der Waals surface area contributed by atoms with Gasteiger partial charge in [0.2, 0.25) is 5.91 Å². The molecule has 0 saturated carbocycles. The lowest BCUT2D eigenvalue weighted by atomic mass is 10.2. The molecule has 0 saturated heterocycles. The quantitative estimate of drug-likeness (QED) is 0.552. The minimum absolute atomic E-state index is 0.100. The average molecular weight is 461 g/mol. The van der Waals surface area contributed by atoms with Gasteiger partial charge in [-0.3, -0.25) is 9.59 Å². The largest absolute Gasteiger partial charge is 0.343 e. The molecule has 1 aromatic heterocycles. The van der Waals surface area contributed by atoms with Crippen LogP contribution in [-0.2, 0) is 11.3 Å². The third-order valence-electron chi connectivity index (χ3n) is 3.55. The maximum absolute atomic E-state index is 12.1. The van der Waals surface area contributed by atoms with Gasteiger partial charge in [-0.05, 0) is 52.4 Å². The Morgan fingerprint density at radius 2 is 1.96 bits per heavy atom. The summed E-state index contributed by atoms with van der Waals surface area (Å²) in [4.78, 5) is 28.2. The van der Waals surface area contributed by atoms with Gasteiger partial charge in [-0.15, -0.1) is 0 Å². The van der Waals surface area contributed by atoms with Crippen LogP contribution in [0.1, 0.15) is 15.9 Å². The van der Waals surface area contributed by atoms with E-state index in [1.165, 1.54) is 6.33 Å². The fourth-order valence-corrected chi connectivity index (χ4v) is 2.99. The third-order valence-corrected chi connectivity index (χ3v) is 4.49. The van der Waals surface area contributed by atoms with Gasteiger partial charge in [0.05, 0.1) is 18.7 Å². The Morgan fingerprint density at radius 1 is 1.12 bits per heavy atom. The Hall–Kier alpha value is -2.75. The Kier molecular flexibility index (Phi) is 5.95. The molecule has 0 atom stereocenters. The predicted molar refractivity (Wildman–Crippen MR) is 106 cm³/mol. The van der Waals surface area contributed by atoms with Crippen LogP contribution < -0.4 is 10.6 Å². The molecule has 0 aliphatic heterocycles. The van der Waals surface area contributed by atoms with Crippen LogP contribution in [0.25, 0.3) is 0 Å². The first-order valence-corrected chi connectivity index (χ1v) is 8.93. The van der Waals surface area contributed by atoms with Crippen molar-refractivity contribution in [2.24, 2.45) is 0 Å². The van der Waals surface area contributed by atoms with Gasteiger partial charge >= 0.3 is 0 Å². The Labute approximate surface area is 164 Å². The van der Waals surface area contributed by atoms with E-state index in [0.717, 1.165) is 9.13 Å². The van der Waals surface area contributed by atoms with Crippen molar-refractivity contribution in [3.05, 3.63) is 75.9 Å². The molecule has 3 aromatic rings. The summed E-state index contributed by atoms with van der Waals surface area (Å²) in [5.41, 5.74) is 2.20. The van der Waals surface area contributed by atoms with E-state index in [0.29, 0.717) is 17.8 Å².